The van der Waals surface area contributed by atoms with Gasteiger partial charge in [-0.15, -0.1) is 10.2 Å². The van der Waals surface area contributed by atoms with Gasteiger partial charge in [-0.05, 0) is 56.8 Å². The summed E-state index contributed by atoms with van der Waals surface area (Å²) in [5.41, 5.74) is 0.907. The molecule has 1 N–H and O–H groups in total. The lowest BCUT2D eigenvalue weighted by atomic mass is 9.96. The second kappa shape index (κ2) is 6.28. The minimum Gasteiger partial charge on any atom is -0.355 e. The van der Waals surface area contributed by atoms with Crippen LogP contribution in [0.4, 0.5) is 0 Å². The minimum absolute atomic E-state index is 0.170. The standard InChI is InChI=1S/C17H23N5O/c23-16(18-11-13-4-5-13)12-21-9-6-14(7-10-21)17-20-19-15-3-1-2-8-22(15)17/h1-3,8,13-14H,4-7,9-12H2,(H,18,23). The van der Waals surface area contributed by atoms with E-state index >= 15 is 0 Å². The Morgan fingerprint density at radius 1 is 1.17 bits per heavy atom. The Hall–Kier alpha value is -1.95. The van der Waals surface area contributed by atoms with E-state index in [1.165, 1.54) is 12.8 Å². The van der Waals surface area contributed by atoms with Crippen molar-refractivity contribution in [3.63, 3.8) is 0 Å². The molecule has 1 saturated heterocycles. The molecule has 1 saturated carbocycles. The van der Waals surface area contributed by atoms with Gasteiger partial charge in [0.1, 0.15) is 5.82 Å². The van der Waals surface area contributed by atoms with E-state index in [0.717, 1.165) is 49.9 Å². The number of hydrogen-bond donors (Lipinski definition) is 1. The maximum atomic E-state index is 11.9. The smallest absolute Gasteiger partial charge is 0.234 e. The monoisotopic (exact) mass is 313 g/mol. The van der Waals surface area contributed by atoms with Crippen LogP contribution in [0.2, 0.25) is 0 Å². The van der Waals surface area contributed by atoms with Gasteiger partial charge in [0.2, 0.25) is 5.91 Å². The van der Waals surface area contributed by atoms with Crippen molar-refractivity contribution in [2.75, 3.05) is 26.2 Å². The molecule has 0 aromatic carbocycles. The second-order valence-electron chi connectivity index (χ2n) is 6.78. The zero-order valence-corrected chi connectivity index (χ0v) is 13.3. The number of nitrogens with one attached hydrogen (secondary N) is 1. The number of likely N-dealkylation sites (tertiary alicyclic amines) is 1. The number of carbonyl (C=O) groups excluding carboxylic acids is 1. The molecule has 0 unspecified atom stereocenters. The van der Waals surface area contributed by atoms with Gasteiger partial charge in [-0.1, -0.05) is 6.07 Å². The summed E-state index contributed by atoms with van der Waals surface area (Å²) in [5.74, 6) is 2.39. The molecule has 0 radical (unpaired) electrons. The molecule has 1 aliphatic heterocycles. The number of rotatable bonds is 5. The zero-order chi connectivity index (χ0) is 15.6. The Balaban J connectivity index is 1.31. The van der Waals surface area contributed by atoms with E-state index in [9.17, 15) is 4.79 Å². The third-order valence-corrected chi connectivity index (χ3v) is 4.94. The third-order valence-electron chi connectivity index (χ3n) is 4.94. The molecule has 0 bridgehead atoms. The first-order valence-electron chi connectivity index (χ1n) is 8.58. The van der Waals surface area contributed by atoms with Gasteiger partial charge in [0.15, 0.2) is 5.65 Å². The van der Waals surface area contributed by atoms with E-state index in [-0.39, 0.29) is 5.91 Å². The molecule has 6 nitrogen and oxygen atoms in total. The summed E-state index contributed by atoms with van der Waals surface area (Å²) in [6.07, 6.45) is 6.65. The number of hydrogen-bond acceptors (Lipinski definition) is 4. The fraction of sp³-hybridized carbons (Fsp3) is 0.588. The average molecular weight is 313 g/mol. The summed E-state index contributed by atoms with van der Waals surface area (Å²) in [6.45, 7) is 3.29. The van der Waals surface area contributed by atoms with Crippen LogP contribution in [0.5, 0.6) is 0 Å². The quantitative estimate of drug-likeness (QED) is 0.907. The Morgan fingerprint density at radius 3 is 2.78 bits per heavy atom. The van der Waals surface area contributed by atoms with Crippen LogP contribution in [0.25, 0.3) is 5.65 Å². The van der Waals surface area contributed by atoms with Gasteiger partial charge >= 0.3 is 0 Å². The Bertz CT molecular complexity index is 685. The van der Waals surface area contributed by atoms with Crippen molar-refractivity contribution < 1.29 is 4.79 Å². The summed E-state index contributed by atoms with van der Waals surface area (Å²) < 4.78 is 2.09. The van der Waals surface area contributed by atoms with Crippen molar-refractivity contribution >= 4 is 11.6 Å². The number of nitrogens with zero attached hydrogens (tertiary/aromatic N) is 4. The van der Waals surface area contributed by atoms with E-state index in [2.05, 4.69) is 24.8 Å². The molecule has 1 amide bonds. The van der Waals surface area contributed by atoms with Gasteiger partial charge in [0, 0.05) is 18.7 Å². The first kappa shape index (κ1) is 14.6. The van der Waals surface area contributed by atoms with Crippen LogP contribution >= 0.6 is 0 Å². The first-order valence-corrected chi connectivity index (χ1v) is 8.58. The van der Waals surface area contributed by atoms with Crippen molar-refractivity contribution in [2.24, 2.45) is 5.92 Å². The van der Waals surface area contributed by atoms with Crippen LogP contribution in [0.15, 0.2) is 24.4 Å². The van der Waals surface area contributed by atoms with Crippen molar-refractivity contribution in [3.05, 3.63) is 30.2 Å². The molecule has 0 spiro atoms. The van der Waals surface area contributed by atoms with E-state index < -0.39 is 0 Å². The van der Waals surface area contributed by atoms with E-state index in [0.29, 0.717) is 12.5 Å². The molecule has 2 fully saturated rings. The summed E-state index contributed by atoms with van der Waals surface area (Å²) in [5, 5.41) is 11.7. The number of pyridine rings is 1. The number of aromatic nitrogens is 3. The van der Waals surface area contributed by atoms with Crippen molar-refractivity contribution in [2.45, 2.75) is 31.6 Å². The maximum absolute atomic E-state index is 11.9. The Labute approximate surface area is 135 Å². The lowest BCUT2D eigenvalue weighted by Gasteiger charge is -2.30. The van der Waals surface area contributed by atoms with Crippen LogP contribution in [-0.4, -0.2) is 51.6 Å². The maximum Gasteiger partial charge on any atom is 0.234 e. The molecule has 1 aliphatic carbocycles. The highest BCUT2D eigenvalue weighted by molar-refractivity contribution is 5.78. The van der Waals surface area contributed by atoms with E-state index in [1.807, 2.05) is 24.4 Å². The van der Waals surface area contributed by atoms with Gasteiger partial charge in [-0.2, -0.15) is 0 Å². The minimum atomic E-state index is 0.170. The highest BCUT2D eigenvalue weighted by Gasteiger charge is 2.26. The lowest BCUT2D eigenvalue weighted by Crippen LogP contribution is -2.41. The number of carbonyl (C=O) groups is 1. The Kier molecular flexibility index (Phi) is 3.99. The fourth-order valence-electron chi connectivity index (χ4n) is 3.33. The first-order chi connectivity index (χ1) is 11.3. The van der Waals surface area contributed by atoms with Crippen LogP contribution in [0.3, 0.4) is 0 Å². The van der Waals surface area contributed by atoms with Crippen LogP contribution < -0.4 is 5.32 Å². The molecule has 4 rings (SSSR count). The number of fused-ring (bicyclic) bond motifs is 1. The predicted octanol–water partition coefficient (Wildman–Crippen LogP) is 1.43. The summed E-state index contributed by atoms with van der Waals surface area (Å²) in [4.78, 5) is 14.2. The van der Waals surface area contributed by atoms with Crippen LogP contribution in [0, 0.1) is 5.92 Å². The molecule has 2 aliphatic rings. The molecule has 23 heavy (non-hydrogen) atoms. The summed E-state index contributed by atoms with van der Waals surface area (Å²) in [7, 11) is 0. The highest BCUT2D eigenvalue weighted by atomic mass is 16.2. The average Bonchev–Trinajstić information content (AvgIpc) is 3.31. The van der Waals surface area contributed by atoms with E-state index in [4.69, 9.17) is 0 Å². The molecule has 2 aromatic rings. The third kappa shape index (κ3) is 3.37. The van der Waals surface area contributed by atoms with Crippen molar-refractivity contribution in [1.29, 1.82) is 0 Å². The number of piperidine rings is 1. The topological polar surface area (TPSA) is 62.5 Å². The lowest BCUT2D eigenvalue weighted by molar-refractivity contribution is -0.122. The Morgan fingerprint density at radius 2 is 2.00 bits per heavy atom. The molecule has 122 valence electrons. The van der Waals surface area contributed by atoms with Crippen molar-refractivity contribution in [3.8, 4) is 0 Å². The van der Waals surface area contributed by atoms with Gasteiger partial charge in [-0.25, -0.2) is 0 Å². The predicted molar refractivity (Wildman–Crippen MR) is 87.1 cm³/mol. The molecule has 3 heterocycles. The zero-order valence-electron chi connectivity index (χ0n) is 13.3. The summed E-state index contributed by atoms with van der Waals surface area (Å²) >= 11 is 0. The SMILES string of the molecule is O=C(CN1CCC(c2nnc3ccccn23)CC1)NCC1CC1. The highest BCUT2D eigenvalue weighted by Crippen LogP contribution is 2.28. The van der Waals surface area contributed by atoms with Crippen LogP contribution in [-0.2, 0) is 4.79 Å². The molecule has 2 aromatic heterocycles. The summed E-state index contributed by atoms with van der Waals surface area (Å²) in [6, 6.07) is 5.98. The van der Waals surface area contributed by atoms with Gasteiger partial charge < -0.3 is 5.32 Å². The second-order valence-corrected chi connectivity index (χ2v) is 6.78. The largest absolute Gasteiger partial charge is 0.355 e. The van der Waals surface area contributed by atoms with Gasteiger partial charge in [-0.3, -0.25) is 14.1 Å². The molecular weight excluding hydrogens is 290 g/mol. The van der Waals surface area contributed by atoms with E-state index in [1.54, 1.807) is 0 Å². The fourth-order valence-corrected chi connectivity index (χ4v) is 3.33. The number of amides is 1. The normalized spacial score (nSPS) is 20.0. The molecule has 6 heteroatoms. The van der Waals surface area contributed by atoms with Crippen LogP contribution in [0.1, 0.15) is 37.4 Å². The molecule has 0 atom stereocenters. The van der Waals surface area contributed by atoms with Crippen molar-refractivity contribution in [1.82, 2.24) is 24.8 Å². The van der Waals surface area contributed by atoms with Gasteiger partial charge in [0.05, 0.1) is 6.54 Å². The van der Waals surface area contributed by atoms with Gasteiger partial charge in [0.25, 0.3) is 0 Å². The molecular formula is C17H23N5O.